The number of piperidine rings is 1. The Morgan fingerprint density at radius 2 is 2.22 bits per heavy atom. The van der Waals surface area contributed by atoms with E-state index in [1.807, 2.05) is 0 Å². The van der Waals surface area contributed by atoms with Crippen molar-refractivity contribution < 1.29 is 4.52 Å². The van der Waals surface area contributed by atoms with Gasteiger partial charge in [0.05, 0.1) is 6.04 Å². The summed E-state index contributed by atoms with van der Waals surface area (Å²) in [5.41, 5.74) is 0. The second-order valence-electron chi connectivity index (χ2n) is 5.55. The first-order valence-electron chi connectivity index (χ1n) is 7.30. The molecule has 0 saturated carbocycles. The number of rotatable bonds is 5. The second kappa shape index (κ2) is 6.32. The van der Waals surface area contributed by atoms with Crippen LogP contribution in [0.5, 0.6) is 0 Å². The minimum absolute atomic E-state index is 0.343. The van der Waals surface area contributed by atoms with E-state index in [0.29, 0.717) is 12.0 Å². The van der Waals surface area contributed by atoms with Gasteiger partial charge in [0.2, 0.25) is 5.89 Å². The Morgan fingerprint density at radius 1 is 1.39 bits per heavy atom. The summed E-state index contributed by atoms with van der Waals surface area (Å²) >= 11 is 0. The summed E-state index contributed by atoms with van der Waals surface area (Å²) in [4.78, 5) is 7.09. The molecule has 2 rings (SSSR count). The summed E-state index contributed by atoms with van der Waals surface area (Å²) < 4.78 is 5.47. The van der Waals surface area contributed by atoms with Gasteiger partial charge >= 0.3 is 0 Å². The average Bonchev–Trinajstić information content (AvgIpc) is 2.86. The molecule has 1 atom stereocenters. The van der Waals surface area contributed by atoms with Crippen LogP contribution in [-0.2, 0) is 0 Å². The Morgan fingerprint density at radius 3 is 2.89 bits per heavy atom. The quantitative estimate of drug-likeness (QED) is 0.803. The lowest BCUT2D eigenvalue weighted by molar-refractivity contribution is 0.117. The van der Waals surface area contributed by atoms with Crippen molar-refractivity contribution >= 4 is 0 Å². The molecule has 0 aliphatic carbocycles. The lowest BCUT2D eigenvalue weighted by atomic mass is 10.0. The number of nitrogens with zero attached hydrogens (tertiary/aromatic N) is 3. The smallest absolute Gasteiger partial charge is 0.244 e. The van der Waals surface area contributed by atoms with Gasteiger partial charge in [0.25, 0.3) is 0 Å². The maximum absolute atomic E-state index is 5.47. The Kier molecular flexibility index (Phi) is 4.75. The van der Waals surface area contributed by atoms with E-state index in [-0.39, 0.29) is 0 Å². The van der Waals surface area contributed by atoms with Crippen LogP contribution in [0.15, 0.2) is 4.52 Å². The zero-order valence-electron chi connectivity index (χ0n) is 11.9. The molecule has 0 aromatic carbocycles. The fourth-order valence-corrected chi connectivity index (χ4v) is 2.52. The fraction of sp³-hybridized carbons (Fsp3) is 0.857. The molecule has 4 nitrogen and oxygen atoms in total. The molecule has 1 saturated heterocycles. The molecule has 0 radical (unpaired) electrons. The molecule has 0 spiro atoms. The zero-order valence-corrected chi connectivity index (χ0v) is 11.9. The van der Waals surface area contributed by atoms with Crippen molar-refractivity contribution in [3.8, 4) is 0 Å². The normalized spacial score (nSPS) is 21.7. The van der Waals surface area contributed by atoms with Crippen molar-refractivity contribution in [3.05, 3.63) is 11.7 Å². The van der Waals surface area contributed by atoms with Crippen LogP contribution in [0.2, 0.25) is 0 Å². The number of hydrogen-bond acceptors (Lipinski definition) is 4. The average molecular weight is 251 g/mol. The molecule has 1 aromatic rings. The van der Waals surface area contributed by atoms with Crippen molar-refractivity contribution in [1.29, 1.82) is 0 Å². The molecule has 1 aromatic heterocycles. The summed E-state index contributed by atoms with van der Waals surface area (Å²) in [7, 11) is 0. The van der Waals surface area contributed by atoms with Gasteiger partial charge in [-0.25, -0.2) is 0 Å². The molecule has 1 aliphatic heterocycles. The van der Waals surface area contributed by atoms with E-state index in [9.17, 15) is 0 Å². The van der Waals surface area contributed by atoms with Crippen LogP contribution in [0.1, 0.15) is 76.6 Å². The van der Waals surface area contributed by atoms with Crippen LogP contribution in [0.3, 0.4) is 0 Å². The second-order valence-corrected chi connectivity index (χ2v) is 5.55. The SMILES string of the molecule is CCCCN1CCCCC1c1nc(C(C)C)no1. The molecule has 0 bridgehead atoms. The summed E-state index contributed by atoms with van der Waals surface area (Å²) in [6, 6.07) is 0.352. The maximum Gasteiger partial charge on any atom is 0.244 e. The van der Waals surface area contributed by atoms with Crippen LogP contribution in [0, 0.1) is 0 Å². The first-order chi connectivity index (χ1) is 8.72. The third kappa shape index (κ3) is 3.10. The van der Waals surface area contributed by atoms with Crippen LogP contribution in [0.25, 0.3) is 0 Å². The van der Waals surface area contributed by atoms with Gasteiger partial charge in [-0.2, -0.15) is 4.98 Å². The Bertz CT molecular complexity index is 362. The van der Waals surface area contributed by atoms with E-state index >= 15 is 0 Å². The third-order valence-electron chi connectivity index (χ3n) is 3.67. The Balaban J connectivity index is 2.06. The van der Waals surface area contributed by atoms with E-state index in [1.165, 1.54) is 32.2 Å². The predicted octanol–water partition coefficient (Wildman–Crippen LogP) is 3.52. The topological polar surface area (TPSA) is 42.2 Å². The Hall–Kier alpha value is -0.900. The number of hydrogen-bond donors (Lipinski definition) is 0. The standard InChI is InChI=1S/C14H25N3O/c1-4-5-9-17-10-7-6-8-12(17)14-15-13(11(2)3)16-18-14/h11-12H,4-10H2,1-3H3. The predicted molar refractivity (Wildman–Crippen MR) is 71.5 cm³/mol. The van der Waals surface area contributed by atoms with Crippen molar-refractivity contribution in [2.75, 3.05) is 13.1 Å². The van der Waals surface area contributed by atoms with E-state index in [0.717, 1.165) is 24.7 Å². The highest BCUT2D eigenvalue weighted by Gasteiger charge is 2.28. The molecule has 18 heavy (non-hydrogen) atoms. The molecule has 2 heterocycles. The largest absolute Gasteiger partial charge is 0.338 e. The fourth-order valence-electron chi connectivity index (χ4n) is 2.52. The van der Waals surface area contributed by atoms with E-state index in [1.54, 1.807) is 0 Å². The lowest BCUT2D eigenvalue weighted by Gasteiger charge is -2.33. The van der Waals surface area contributed by atoms with Gasteiger partial charge in [-0.05, 0) is 32.4 Å². The van der Waals surface area contributed by atoms with Gasteiger partial charge in [0.15, 0.2) is 5.82 Å². The minimum atomic E-state index is 0.343. The molecule has 1 unspecified atom stereocenters. The van der Waals surface area contributed by atoms with Gasteiger partial charge in [-0.3, -0.25) is 4.90 Å². The van der Waals surface area contributed by atoms with Crippen molar-refractivity contribution in [1.82, 2.24) is 15.0 Å². The van der Waals surface area contributed by atoms with Gasteiger partial charge in [-0.15, -0.1) is 0 Å². The first kappa shape index (κ1) is 13.5. The van der Waals surface area contributed by atoms with Crippen molar-refractivity contribution in [2.45, 2.75) is 64.8 Å². The highest BCUT2D eigenvalue weighted by molar-refractivity contribution is 4.98. The first-order valence-corrected chi connectivity index (χ1v) is 7.30. The molecular formula is C14H25N3O. The van der Waals surface area contributed by atoms with E-state index < -0.39 is 0 Å². The highest BCUT2D eigenvalue weighted by atomic mass is 16.5. The van der Waals surface area contributed by atoms with Gasteiger partial charge in [0, 0.05) is 5.92 Å². The molecule has 0 amide bonds. The summed E-state index contributed by atoms with van der Waals surface area (Å²) in [6.07, 6.45) is 6.22. The van der Waals surface area contributed by atoms with Crippen LogP contribution in [-0.4, -0.2) is 28.1 Å². The Labute approximate surface area is 110 Å². The van der Waals surface area contributed by atoms with Crippen molar-refractivity contribution in [3.63, 3.8) is 0 Å². The maximum atomic E-state index is 5.47. The molecule has 1 fully saturated rings. The van der Waals surface area contributed by atoms with E-state index in [4.69, 9.17) is 4.52 Å². The van der Waals surface area contributed by atoms with Crippen molar-refractivity contribution in [2.24, 2.45) is 0 Å². The summed E-state index contributed by atoms with van der Waals surface area (Å²) in [5.74, 6) is 2.01. The summed E-state index contributed by atoms with van der Waals surface area (Å²) in [5, 5.41) is 4.09. The van der Waals surface area contributed by atoms with Gasteiger partial charge < -0.3 is 4.52 Å². The minimum Gasteiger partial charge on any atom is -0.338 e. The van der Waals surface area contributed by atoms with Crippen LogP contribution in [0.4, 0.5) is 0 Å². The number of aromatic nitrogens is 2. The number of likely N-dealkylation sites (tertiary alicyclic amines) is 1. The molecule has 102 valence electrons. The van der Waals surface area contributed by atoms with Crippen LogP contribution < -0.4 is 0 Å². The number of unbranched alkanes of at least 4 members (excludes halogenated alkanes) is 1. The molecular weight excluding hydrogens is 226 g/mol. The zero-order chi connectivity index (χ0) is 13.0. The summed E-state index contributed by atoms with van der Waals surface area (Å²) in [6.45, 7) is 8.77. The lowest BCUT2D eigenvalue weighted by Crippen LogP contribution is -2.34. The monoisotopic (exact) mass is 251 g/mol. The van der Waals surface area contributed by atoms with E-state index in [2.05, 4.69) is 35.8 Å². The molecule has 1 aliphatic rings. The van der Waals surface area contributed by atoms with Crippen LogP contribution >= 0.6 is 0 Å². The highest BCUT2D eigenvalue weighted by Crippen LogP contribution is 2.30. The van der Waals surface area contributed by atoms with Gasteiger partial charge in [0.1, 0.15) is 0 Å². The molecule has 4 heteroatoms. The molecule has 0 N–H and O–H groups in total. The van der Waals surface area contributed by atoms with Gasteiger partial charge in [-0.1, -0.05) is 38.8 Å². The third-order valence-corrected chi connectivity index (χ3v) is 3.67.